The molecule has 1 unspecified atom stereocenters. The summed E-state index contributed by atoms with van der Waals surface area (Å²) in [6, 6.07) is 8.69. The number of carboxylic acids is 1. The first kappa shape index (κ1) is 14.6. The summed E-state index contributed by atoms with van der Waals surface area (Å²) in [6.07, 6.45) is 2.52. The fourth-order valence-corrected chi connectivity index (χ4v) is 4.04. The molecule has 0 spiro atoms. The lowest BCUT2D eigenvalue weighted by Crippen LogP contribution is -2.58. The van der Waals surface area contributed by atoms with Gasteiger partial charge in [0.2, 0.25) is 0 Å². The molecular weight excluding hydrogens is 262 g/mol. The van der Waals surface area contributed by atoms with E-state index in [9.17, 15) is 9.90 Å². The Morgan fingerprint density at radius 3 is 2.71 bits per heavy atom. The Morgan fingerprint density at radius 2 is 2.10 bits per heavy atom. The summed E-state index contributed by atoms with van der Waals surface area (Å²) in [5.74, 6) is 0.191. The van der Waals surface area contributed by atoms with Crippen molar-refractivity contribution in [1.29, 1.82) is 0 Å². The Kier molecular flexibility index (Phi) is 3.78. The van der Waals surface area contributed by atoms with Crippen LogP contribution in [0.15, 0.2) is 24.3 Å². The summed E-state index contributed by atoms with van der Waals surface area (Å²) >= 11 is 0. The number of benzene rings is 1. The van der Waals surface area contributed by atoms with Gasteiger partial charge in [-0.15, -0.1) is 0 Å². The van der Waals surface area contributed by atoms with Gasteiger partial charge < -0.3 is 10.0 Å². The van der Waals surface area contributed by atoms with Gasteiger partial charge in [0, 0.05) is 6.54 Å². The fourth-order valence-electron chi connectivity index (χ4n) is 4.04. The van der Waals surface area contributed by atoms with E-state index in [1.165, 1.54) is 11.1 Å². The number of carbonyl (C=O) groups is 1. The van der Waals surface area contributed by atoms with Gasteiger partial charge in [-0.1, -0.05) is 38.1 Å². The van der Waals surface area contributed by atoms with Crippen LogP contribution in [-0.4, -0.2) is 35.6 Å². The normalized spacial score (nSPS) is 31.6. The second kappa shape index (κ2) is 5.45. The third-order valence-electron chi connectivity index (χ3n) is 5.53. The third-order valence-corrected chi connectivity index (χ3v) is 5.53. The van der Waals surface area contributed by atoms with Crippen molar-refractivity contribution in [3.63, 3.8) is 0 Å². The molecular formula is C18H25NO2. The summed E-state index contributed by atoms with van der Waals surface area (Å²) in [5.41, 5.74) is 2.15. The van der Waals surface area contributed by atoms with E-state index < -0.39 is 11.4 Å². The molecule has 2 bridgehead atoms. The van der Waals surface area contributed by atoms with Gasteiger partial charge in [0.25, 0.3) is 0 Å². The molecule has 4 rings (SSSR count). The van der Waals surface area contributed by atoms with Gasteiger partial charge in [0.15, 0.2) is 0 Å². The van der Waals surface area contributed by atoms with Crippen LogP contribution < -0.4 is 0 Å². The molecule has 3 aliphatic rings. The number of fused-ring (bicyclic) bond motifs is 3. The Labute approximate surface area is 127 Å². The topological polar surface area (TPSA) is 40.5 Å². The third kappa shape index (κ3) is 2.59. The summed E-state index contributed by atoms with van der Waals surface area (Å²) in [6.45, 7) is 7.25. The van der Waals surface area contributed by atoms with E-state index in [0.29, 0.717) is 5.92 Å². The lowest BCUT2D eigenvalue weighted by Gasteiger charge is -2.51. The van der Waals surface area contributed by atoms with E-state index >= 15 is 0 Å². The summed E-state index contributed by atoms with van der Waals surface area (Å²) < 4.78 is 0. The van der Waals surface area contributed by atoms with Crippen molar-refractivity contribution in [2.24, 2.45) is 11.3 Å². The number of carboxylic acid groups (broad SMARTS) is 1. The molecule has 1 aromatic carbocycles. The van der Waals surface area contributed by atoms with E-state index in [1.54, 1.807) is 0 Å². The average Bonchev–Trinajstić information content (AvgIpc) is 2.48. The molecule has 3 heterocycles. The molecule has 3 aliphatic heterocycles. The van der Waals surface area contributed by atoms with Crippen LogP contribution in [-0.2, 0) is 11.2 Å². The molecule has 3 heteroatoms. The number of rotatable bonds is 4. The van der Waals surface area contributed by atoms with Crippen molar-refractivity contribution >= 4 is 5.97 Å². The quantitative estimate of drug-likeness (QED) is 0.925. The zero-order valence-corrected chi connectivity index (χ0v) is 13.0. The molecule has 0 amide bonds. The van der Waals surface area contributed by atoms with Crippen molar-refractivity contribution < 1.29 is 9.90 Å². The predicted octanol–water partition coefficient (Wildman–Crippen LogP) is 3.15. The van der Waals surface area contributed by atoms with Crippen molar-refractivity contribution in [1.82, 2.24) is 4.90 Å². The first-order valence-electron chi connectivity index (χ1n) is 8.06. The Morgan fingerprint density at radius 1 is 1.38 bits per heavy atom. The van der Waals surface area contributed by atoms with Crippen molar-refractivity contribution in [3.05, 3.63) is 35.4 Å². The minimum absolute atomic E-state index is 0.250. The second-order valence-electron chi connectivity index (χ2n) is 7.06. The average molecular weight is 287 g/mol. The number of hydrogen-bond acceptors (Lipinski definition) is 2. The lowest BCUT2D eigenvalue weighted by molar-refractivity contribution is -0.163. The largest absolute Gasteiger partial charge is 0.481 e. The molecule has 0 aromatic heterocycles. The van der Waals surface area contributed by atoms with Gasteiger partial charge >= 0.3 is 5.97 Å². The number of hydrogen-bond donors (Lipinski definition) is 1. The van der Waals surface area contributed by atoms with Crippen molar-refractivity contribution in [2.45, 2.75) is 39.0 Å². The maximum Gasteiger partial charge on any atom is 0.310 e. The Balaban J connectivity index is 1.83. The number of nitrogens with zero attached hydrogens (tertiary/aromatic N) is 1. The first-order chi connectivity index (χ1) is 10.0. The summed E-state index contributed by atoms with van der Waals surface area (Å²) in [5, 5.41) is 9.79. The van der Waals surface area contributed by atoms with Crippen LogP contribution in [0.3, 0.4) is 0 Å². The predicted molar refractivity (Wildman–Crippen MR) is 83.5 cm³/mol. The molecule has 21 heavy (non-hydrogen) atoms. The molecule has 3 saturated heterocycles. The number of piperidine rings is 3. The smallest absolute Gasteiger partial charge is 0.310 e. The van der Waals surface area contributed by atoms with Crippen LogP contribution in [0.5, 0.6) is 0 Å². The molecule has 114 valence electrons. The molecule has 1 aromatic rings. The zero-order chi connectivity index (χ0) is 15.0. The molecule has 0 radical (unpaired) electrons. The van der Waals surface area contributed by atoms with Crippen LogP contribution in [0, 0.1) is 11.3 Å². The highest BCUT2D eigenvalue weighted by molar-refractivity contribution is 5.75. The number of aliphatic carboxylic acids is 1. The van der Waals surface area contributed by atoms with E-state index in [2.05, 4.69) is 43.0 Å². The summed E-state index contributed by atoms with van der Waals surface area (Å²) in [4.78, 5) is 14.3. The second-order valence-corrected chi connectivity index (χ2v) is 7.06. The highest BCUT2D eigenvalue weighted by atomic mass is 16.4. The van der Waals surface area contributed by atoms with E-state index in [4.69, 9.17) is 0 Å². The summed E-state index contributed by atoms with van der Waals surface area (Å²) in [7, 11) is 0. The molecule has 3 nitrogen and oxygen atoms in total. The molecule has 3 fully saturated rings. The van der Waals surface area contributed by atoms with Crippen LogP contribution in [0.2, 0.25) is 0 Å². The van der Waals surface area contributed by atoms with Gasteiger partial charge in [-0.2, -0.15) is 0 Å². The van der Waals surface area contributed by atoms with Crippen LogP contribution >= 0.6 is 0 Å². The van der Waals surface area contributed by atoms with Gasteiger partial charge in [0.1, 0.15) is 0 Å². The van der Waals surface area contributed by atoms with Gasteiger partial charge in [0.05, 0.1) is 5.41 Å². The van der Waals surface area contributed by atoms with Crippen LogP contribution in [0.25, 0.3) is 0 Å². The monoisotopic (exact) mass is 287 g/mol. The minimum atomic E-state index is -0.577. The molecule has 1 atom stereocenters. The lowest BCUT2D eigenvalue weighted by atomic mass is 9.63. The van der Waals surface area contributed by atoms with Crippen molar-refractivity contribution in [2.75, 3.05) is 19.6 Å². The first-order valence-corrected chi connectivity index (χ1v) is 8.06. The maximum atomic E-state index is 11.9. The van der Waals surface area contributed by atoms with E-state index in [-0.39, 0.29) is 5.92 Å². The van der Waals surface area contributed by atoms with E-state index in [1.807, 2.05) is 0 Å². The molecule has 0 aliphatic carbocycles. The van der Waals surface area contributed by atoms with Gasteiger partial charge in [-0.3, -0.25) is 4.79 Å². The van der Waals surface area contributed by atoms with E-state index in [0.717, 1.165) is 38.9 Å². The Bertz CT molecular complexity index is 530. The standard InChI is InChI=1S/C18H25NO2/c1-13(2)15-5-3-4-14(10-15)11-16-12-19-8-6-18(16,7-9-19)17(20)21/h3-5,10,13,16H,6-9,11-12H2,1-2H3,(H,20,21). The van der Waals surface area contributed by atoms with Crippen molar-refractivity contribution in [3.8, 4) is 0 Å². The van der Waals surface area contributed by atoms with Crippen LogP contribution in [0.1, 0.15) is 43.7 Å². The molecule has 0 saturated carbocycles. The fraction of sp³-hybridized carbons (Fsp3) is 0.611. The van der Waals surface area contributed by atoms with Crippen LogP contribution in [0.4, 0.5) is 0 Å². The van der Waals surface area contributed by atoms with Gasteiger partial charge in [-0.05, 0) is 55.3 Å². The minimum Gasteiger partial charge on any atom is -0.481 e. The highest BCUT2D eigenvalue weighted by Gasteiger charge is 2.52. The molecule has 1 N–H and O–H groups in total. The highest BCUT2D eigenvalue weighted by Crippen LogP contribution is 2.46. The van der Waals surface area contributed by atoms with Gasteiger partial charge in [-0.25, -0.2) is 0 Å². The SMILES string of the molecule is CC(C)c1cccc(CC2CN3CCC2(C(=O)O)CC3)c1. The Hall–Kier alpha value is -1.35. The maximum absolute atomic E-state index is 11.9. The zero-order valence-electron chi connectivity index (χ0n) is 13.0.